The van der Waals surface area contributed by atoms with Crippen molar-refractivity contribution in [3.05, 3.63) is 95.6 Å². The second kappa shape index (κ2) is 10.1. The van der Waals surface area contributed by atoms with Gasteiger partial charge in [-0.05, 0) is 70.5 Å². The predicted molar refractivity (Wildman–Crippen MR) is 140 cm³/mol. The molecule has 176 valence electrons. The van der Waals surface area contributed by atoms with Crippen LogP contribution in [0.5, 0.6) is 0 Å². The average molecular weight is 463 g/mol. The largest absolute Gasteiger partial charge is 0.330 e. The summed E-state index contributed by atoms with van der Waals surface area (Å²) in [5.74, 6) is 1.76. The molecule has 5 rings (SSSR count). The van der Waals surface area contributed by atoms with Crippen LogP contribution in [0.1, 0.15) is 42.9 Å². The zero-order chi connectivity index (χ0) is 24.2. The maximum atomic E-state index is 4.82. The highest BCUT2D eigenvalue weighted by Gasteiger charge is 2.15. The standard InChI is InChI=1S/C29H30N6/c1-4-9-28-30-24(5-2)19-35(28)18-21-12-14-25(20(3)16-21)27-17-23(22-10-7-6-8-11-22)13-15-26(27)29-31-33-34-32-29/h6-8,10-17,19H,4-5,9,18H2,1-3H3,(H,31,32,33,34). The molecule has 2 aromatic heterocycles. The average Bonchev–Trinajstić information content (AvgIpc) is 3.55. The molecule has 0 aliphatic carbocycles. The molecule has 0 atom stereocenters. The summed E-state index contributed by atoms with van der Waals surface area (Å²) in [5.41, 5.74) is 9.20. The maximum Gasteiger partial charge on any atom is 0.205 e. The Labute approximate surface area is 206 Å². The fraction of sp³-hybridized carbons (Fsp3) is 0.241. The van der Waals surface area contributed by atoms with Gasteiger partial charge in [0.1, 0.15) is 5.82 Å². The van der Waals surface area contributed by atoms with Crippen LogP contribution in [0.3, 0.4) is 0 Å². The van der Waals surface area contributed by atoms with Gasteiger partial charge in [-0.25, -0.2) is 4.98 Å². The number of aromatic nitrogens is 6. The number of aryl methyl sites for hydroxylation is 3. The zero-order valence-corrected chi connectivity index (χ0v) is 20.5. The molecule has 5 aromatic rings. The SMILES string of the molecule is CCCc1nc(CC)cn1Cc1ccc(-c2cc(-c3ccccc3)ccc2-c2nn[nH]n2)c(C)c1. The molecule has 0 unspecified atom stereocenters. The quantitative estimate of drug-likeness (QED) is 0.295. The number of aromatic amines is 1. The Morgan fingerprint density at radius 3 is 2.40 bits per heavy atom. The van der Waals surface area contributed by atoms with Crippen molar-refractivity contribution in [3.63, 3.8) is 0 Å². The number of imidazole rings is 1. The summed E-state index contributed by atoms with van der Waals surface area (Å²) < 4.78 is 2.30. The normalized spacial score (nSPS) is 11.2. The van der Waals surface area contributed by atoms with Crippen molar-refractivity contribution in [1.29, 1.82) is 0 Å². The van der Waals surface area contributed by atoms with Crippen molar-refractivity contribution < 1.29 is 0 Å². The summed E-state index contributed by atoms with van der Waals surface area (Å²) >= 11 is 0. The zero-order valence-electron chi connectivity index (χ0n) is 20.5. The Balaban J connectivity index is 1.54. The molecular weight excluding hydrogens is 432 g/mol. The van der Waals surface area contributed by atoms with E-state index in [4.69, 9.17) is 4.98 Å². The lowest BCUT2D eigenvalue weighted by molar-refractivity contribution is 0.705. The highest BCUT2D eigenvalue weighted by molar-refractivity contribution is 5.86. The van der Waals surface area contributed by atoms with Crippen LogP contribution in [0.25, 0.3) is 33.6 Å². The Morgan fingerprint density at radius 1 is 0.857 bits per heavy atom. The second-order valence-corrected chi connectivity index (χ2v) is 8.89. The van der Waals surface area contributed by atoms with Crippen LogP contribution >= 0.6 is 0 Å². The molecule has 0 radical (unpaired) electrons. The van der Waals surface area contributed by atoms with Crippen molar-refractivity contribution in [1.82, 2.24) is 30.2 Å². The summed E-state index contributed by atoms with van der Waals surface area (Å²) in [4.78, 5) is 4.82. The third kappa shape index (κ3) is 4.78. The van der Waals surface area contributed by atoms with Crippen LogP contribution in [0, 0.1) is 6.92 Å². The Hall–Kier alpha value is -4.06. The number of benzene rings is 3. The smallest absolute Gasteiger partial charge is 0.205 e. The summed E-state index contributed by atoms with van der Waals surface area (Å²) in [6, 6.07) is 23.6. The van der Waals surface area contributed by atoms with Gasteiger partial charge in [-0.15, -0.1) is 10.2 Å². The summed E-state index contributed by atoms with van der Waals surface area (Å²) in [7, 11) is 0. The van der Waals surface area contributed by atoms with Crippen molar-refractivity contribution in [3.8, 4) is 33.6 Å². The lowest BCUT2D eigenvalue weighted by atomic mass is 9.91. The molecule has 0 aliphatic heterocycles. The summed E-state index contributed by atoms with van der Waals surface area (Å²) in [5, 5.41) is 14.9. The van der Waals surface area contributed by atoms with Crippen molar-refractivity contribution in [2.45, 2.75) is 46.6 Å². The van der Waals surface area contributed by atoms with Crippen molar-refractivity contribution in [2.75, 3.05) is 0 Å². The summed E-state index contributed by atoms with van der Waals surface area (Å²) in [6.45, 7) is 7.36. The molecule has 6 nitrogen and oxygen atoms in total. The second-order valence-electron chi connectivity index (χ2n) is 8.89. The number of hydrogen-bond donors (Lipinski definition) is 1. The molecule has 35 heavy (non-hydrogen) atoms. The number of nitrogens with one attached hydrogen (secondary N) is 1. The molecule has 0 bridgehead atoms. The Kier molecular flexibility index (Phi) is 6.53. The van der Waals surface area contributed by atoms with E-state index in [9.17, 15) is 0 Å². The van der Waals surface area contributed by atoms with E-state index in [0.29, 0.717) is 5.82 Å². The minimum Gasteiger partial charge on any atom is -0.330 e. The minimum atomic E-state index is 0.595. The molecular formula is C29H30N6. The first-order valence-electron chi connectivity index (χ1n) is 12.2. The van der Waals surface area contributed by atoms with Gasteiger partial charge in [0.25, 0.3) is 0 Å². The first kappa shape index (κ1) is 22.7. The first-order valence-corrected chi connectivity index (χ1v) is 12.2. The predicted octanol–water partition coefficient (Wildman–Crippen LogP) is 6.27. The highest BCUT2D eigenvalue weighted by atomic mass is 15.5. The van der Waals surface area contributed by atoms with Gasteiger partial charge in [0.2, 0.25) is 5.82 Å². The lowest BCUT2D eigenvalue weighted by Crippen LogP contribution is -2.04. The Morgan fingerprint density at radius 2 is 1.69 bits per heavy atom. The van der Waals surface area contributed by atoms with Crippen LogP contribution in [0.4, 0.5) is 0 Å². The van der Waals surface area contributed by atoms with E-state index < -0.39 is 0 Å². The van der Waals surface area contributed by atoms with E-state index in [-0.39, 0.29) is 0 Å². The number of hydrogen-bond acceptors (Lipinski definition) is 4. The molecule has 0 amide bonds. The van der Waals surface area contributed by atoms with Crippen LogP contribution in [0.15, 0.2) is 72.9 Å². The molecule has 0 fully saturated rings. The van der Waals surface area contributed by atoms with Gasteiger partial charge in [-0.1, -0.05) is 68.4 Å². The number of nitrogens with zero attached hydrogens (tertiary/aromatic N) is 5. The molecule has 0 saturated heterocycles. The van der Waals surface area contributed by atoms with Gasteiger partial charge < -0.3 is 4.57 Å². The molecule has 3 aromatic carbocycles. The highest BCUT2D eigenvalue weighted by Crippen LogP contribution is 2.36. The number of rotatable bonds is 8. The van der Waals surface area contributed by atoms with E-state index in [1.54, 1.807) is 0 Å². The minimum absolute atomic E-state index is 0.595. The molecule has 6 heteroatoms. The third-order valence-corrected chi connectivity index (χ3v) is 6.39. The topological polar surface area (TPSA) is 72.3 Å². The van der Waals surface area contributed by atoms with E-state index >= 15 is 0 Å². The fourth-order valence-corrected chi connectivity index (χ4v) is 4.61. The Bertz CT molecular complexity index is 1420. The van der Waals surface area contributed by atoms with Crippen LogP contribution in [-0.4, -0.2) is 30.2 Å². The molecule has 0 saturated carbocycles. The number of tetrazole rings is 1. The van der Waals surface area contributed by atoms with Gasteiger partial charge in [0, 0.05) is 24.7 Å². The fourth-order valence-electron chi connectivity index (χ4n) is 4.61. The van der Waals surface area contributed by atoms with E-state index in [1.807, 2.05) is 6.07 Å². The van der Waals surface area contributed by atoms with Crippen molar-refractivity contribution >= 4 is 0 Å². The van der Waals surface area contributed by atoms with Crippen LogP contribution < -0.4 is 0 Å². The van der Waals surface area contributed by atoms with Crippen LogP contribution in [-0.2, 0) is 19.4 Å². The molecule has 1 N–H and O–H groups in total. The summed E-state index contributed by atoms with van der Waals surface area (Å²) in [6.07, 6.45) is 5.25. The van der Waals surface area contributed by atoms with Gasteiger partial charge in [0.15, 0.2) is 0 Å². The molecule has 2 heterocycles. The van der Waals surface area contributed by atoms with E-state index in [0.717, 1.165) is 48.2 Å². The maximum absolute atomic E-state index is 4.82. The first-order chi connectivity index (χ1) is 17.2. The van der Waals surface area contributed by atoms with E-state index in [1.165, 1.54) is 28.1 Å². The molecule has 0 aliphatic rings. The monoisotopic (exact) mass is 462 g/mol. The van der Waals surface area contributed by atoms with Crippen molar-refractivity contribution in [2.24, 2.45) is 0 Å². The molecule has 0 spiro atoms. The van der Waals surface area contributed by atoms with Gasteiger partial charge in [-0.2, -0.15) is 5.21 Å². The van der Waals surface area contributed by atoms with E-state index in [2.05, 4.69) is 113 Å². The lowest BCUT2D eigenvalue weighted by Gasteiger charge is -2.15. The number of H-pyrrole nitrogens is 1. The van der Waals surface area contributed by atoms with Gasteiger partial charge >= 0.3 is 0 Å². The third-order valence-electron chi connectivity index (χ3n) is 6.39. The van der Waals surface area contributed by atoms with Gasteiger partial charge in [-0.3, -0.25) is 0 Å². The van der Waals surface area contributed by atoms with Crippen LogP contribution in [0.2, 0.25) is 0 Å². The van der Waals surface area contributed by atoms with Gasteiger partial charge in [0.05, 0.1) is 5.69 Å².